The van der Waals surface area contributed by atoms with Gasteiger partial charge >= 0.3 is 0 Å². The van der Waals surface area contributed by atoms with Crippen LogP contribution in [0.25, 0.3) is 16.9 Å². The summed E-state index contributed by atoms with van der Waals surface area (Å²) in [5, 5.41) is 2.91. The number of unbranched alkanes of at least 4 members (excludes halogenated alkanes) is 1. The molecule has 3 aromatic rings. The highest BCUT2D eigenvalue weighted by Gasteiger charge is 2.22. The predicted molar refractivity (Wildman–Crippen MR) is 102 cm³/mol. The summed E-state index contributed by atoms with van der Waals surface area (Å²) >= 11 is 0. The molecule has 0 aliphatic carbocycles. The number of hydrogen-bond acceptors (Lipinski definition) is 2. The predicted octanol–water partition coefficient (Wildman–Crippen LogP) is 5.43. The molecule has 4 nitrogen and oxygen atoms in total. The molecule has 1 N–H and O–H groups in total. The molecule has 0 unspecified atom stereocenters. The Kier molecular flexibility index (Phi) is 5.84. The van der Waals surface area contributed by atoms with Crippen LogP contribution in [0.2, 0.25) is 0 Å². The zero-order chi connectivity index (χ0) is 19.4. The van der Waals surface area contributed by atoms with E-state index in [1.165, 1.54) is 0 Å². The van der Waals surface area contributed by atoms with E-state index in [0.717, 1.165) is 37.5 Å². The number of hydrogen-bond donors (Lipinski definition) is 1. The highest BCUT2D eigenvalue weighted by molar-refractivity contribution is 5.96. The van der Waals surface area contributed by atoms with Crippen LogP contribution in [0.5, 0.6) is 0 Å². The average molecular weight is 371 g/mol. The first-order valence-corrected chi connectivity index (χ1v) is 9.28. The van der Waals surface area contributed by atoms with Gasteiger partial charge in [-0.05, 0) is 43.2 Å². The number of aromatic nitrogens is 2. The molecule has 0 bridgehead atoms. The molecule has 0 aliphatic rings. The molecule has 27 heavy (non-hydrogen) atoms. The summed E-state index contributed by atoms with van der Waals surface area (Å²) in [6, 6.07) is 8.58. The van der Waals surface area contributed by atoms with Crippen LogP contribution in [0.3, 0.4) is 0 Å². The lowest BCUT2D eigenvalue weighted by Crippen LogP contribution is -2.23. The lowest BCUT2D eigenvalue weighted by Gasteiger charge is -2.15. The van der Waals surface area contributed by atoms with Crippen molar-refractivity contribution in [3.8, 4) is 11.3 Å². The van der Waals surface area contributed by atoms with Crippen molar-refractivity contribution in [2.24, 2.45) is 5.92 Å². The number of carbonyl (C=O) groups is 1. The fraction of sp³-hybridized carbons (Fsp3) is 0.333. The molecule has 142 valence electrons. The van der Waals surface area contributed by atoms with E-state index in [1.54, 1.807) is 28.8 Å². The van der Waals surface area contributed by atoms with Crippen molar-refractivity contribution in [3.05, 3.63) is 54.2 Å². The van der Waals surface area contributed by atoms with Gasteiger partial charge in [0.05, 0.1) is 0 Å². The fourth-order valence-electron chi connectivity index (χ4n) is 3.17. The molecule has 1 amide bonds. The number of nitrogens with one attached hydrogen (secondary N) is 1. The second kappa shape index (κ2) is 8.29. The molecule has 0 aliphatic heterocycles. The molecule has 2 heterocycles. The number of pyridine rings is 1. The van der Waals surface area contributed by atoms with Crippen LogP contribution in [0.1, 0.15) is 39.5 Å². The van der Waals surface area contributed by atoms with Crippen molar-refractivity contribution in [3.63, 3.8) is 0 Å². The monoisotopic (exact) mass is 371 g/mol. The molecule has 6 heteroatoms. The molecule has 1 aromatic carbocycles. The molecular formula is C21H23F2N3O. The first-order chi connectivity index (χ1) is 13.0. The lowest BCUT2D eigenvalue weighted by molar-refractivity contribution is -0.120. The molecular weight excluding hydrogens is 348 g/mol. The van der Waals surface area contributed by atoms with Crippen molar-refractivity contribution in [2.45, 2.75) is 39.5 Å². The van der Waals surface area contributed by atoms with Crippen LogP contribution < -0.4 is 5.32 Å². The Morgan fingerprint density at radius 3 is 2.78 bits per heavy atom. The fourth-order valence-corrected chi connectivity index (χ4v) is 3.17. The number of carbonyl (C=O) groups excluding carboxylic acids is 1. The number of anilines is 1. The summed E-state index contributed by atoms with van der Waals surface area (Å²) in [7, 11) is 0. The van der Waals surface area contributed by atoms with E-state index in [9.17, 15) is 13.6 Å². The third-order valence-corrected chi connectivity index (χ3v) is 4.72. The molecule has 0 spiro atoms. The maximum Gasteiger partial charge on any atom is 0.228 e. The van der Waals surface area contributed by atoms with Gasteiger partial charge in [-0.1, -0.05) is 32.8 Å². The molecule has 0 saturated carbocycles. The number of rotatable bonds is 7. The van der Waals surface area contributed by atoms with Crippen molar-refractivity contribution < 1.29 is 13.6 Å². The first-order valence-electron chi connectivity index (χ1n) is 9.28. The topological polar surface area (TPSA) is 46.4 Å². The highest BCUT2D eigenvalue weighted by Crippen LogP contribution is 2.32. The largest absolute Gasteiger partial charge is 0.310 e. The summed E-state index contributed by atoms with van der Waals surface area (Å²) in [4.78, 5) is 17.2. The maximum absolute atomic E-state index is 14.4. The van der Waals surface area contributed by atoms with E-state index in [2.05, 4.69) is 17.2 Å². The van der Waals surface area contributed by atoms with Gasteiger partial charge < -0.3 is 5.32 Å². The zero-order valence-corrected chi connectivity index (χ0v) is 15.5. The van der Waals surface area contributed by atoms with Gasteiger partial charge in [0.25, 0.3) is 0 Å². The Morgan fingerprint density at radius 2 is 2.04 bits per heavy atom. The molecule has 0 fully saturated rings. The zero-order valence-electron chi connectivity index (χ0n) is 15.5. The SMILES string of the molecule is CCCC[C@@H](CC)C(=O)Nc1c(-c2cc(F)ccc2F)nc2ccccn12. The van der Waals surface area contributed by atoms with E-state index in [1.807, 2.05) is 6.92 Å². The van der Waals surface area contributed by atoms with E-state index in [-0.39, 0.29) is 23.1 Å². The van der Waals surface area contributed by atoms with Crippen LogP contribution in [0.15, 0.2) is 42.6 Å². The summed E-state index contributed by atoms with van der Waals surface area (Å²) < 4.78 is 29.8. The van der Waals surface area contributed by atoms with E-state index >= 15 is 0 Å². The maximum atomic E-state index is 14.4. The van der Waals surface area contributed by atoms with Gasteiger partial charge in [-0.3, -0.25) is 9.20 Å². The van der Waals surface area contributed by atoms with Crippen LogP contribution in [-0.2, 0) is 4.79 Å². The van der Waals surface area contributed by atoms with E-state index in [4.69, 9.17) is 0 Å². The van der Waals surface area contributed by atoms with Crippen molar-refractivity contribution >= 4 is 17.4 Å². The number of halogens is 2. The van der Waals surface area contributed by atoms with E-state index < -0.39 is 11.6 Å². The Morgan fingerprint density at radius 1 is 1.22 bits per heavy atom. The lowest BCUT2D eigenvalue weighted by atomic mass is 9.98. The minimum absolute atomic E-state index is 0.0237. The first kappa shape index (κ1) is 19.0. The van der Waals surface area contributed by atoms with E-state index in [0.29, 0.717) is 17.9 Å². The highest BCUT2D eigenvalue weighted by atomic mass is 19.1. The number of imidazole rings is 1. The van der Waals surface area contributed by atoms with Gasteiger partial charge in [0.15, 0.2) is 0 Å². The third-order valence-electron chi connectivity index (χ3n) is 4.72. The Labute approximate surface area is 157 Å². The van der Waals surface area contributed by atoms with Gasteiger partial charge in [-0.2, -0.15) is 0 Å². The number of nitrogens with zero attached hydrogens (tertiary/aromatic N) is 2. The third kappa shape index (κ3) is 3.99. The second-order valence-corrected chi connectivity index (χ2v) is 6.60. The minimum Gasteiger partial charge on any atom is -0.310 e. The smallest absolute Gasteiger partial charge is 0.228 e. The van der Waals surface area contributed by atoms with Crippen molar-refractivity contribution in [1.29, 1.82) is 0 Å². The van der Waals surface area contributed by atoms with Gasteiger partial charge in [0.2, 0.25) is 5.91 Å². The summed E-state index contributed by atoms with van der Waals surface area (Å²) in [5.41, 5.74) is 0.792. The van der Waals surface area contributed by atoms with Crippen LogP contribution in [0, 0.1) is 17.6 Å². The van der Waals surface area contributed by atoms with Gasteiger partial charge in [-0.25, -0.2) is 13.8 Å². The van der Waals surface area contributed by atoms with Gasteiger partial charge in [0, 0.05) is 17.7 Å². The Bertz CT molecular complexity index is 952. The van der Waals surface area contributed by atoms with Gasteiger partial charge in [0.1, 0.15) is 28.8 Å². The minimum atomic E-state index is -0.590. The van der Waals surface area contributed by atoms with Crippen molar-refractivity contribution in [2.75, 3.05) is 5.32 Å². The van der Waals surface area contributed by atoms with Crippen LogP contribution in [-0.4, -0.2) is 15.3 Å². The molecule has 1 atom stereocenters. The molecule has 2 aromatic heterocycles. The summed E-state index contributed by atoms with van der Waals surface area (Å²) in [6.45, 7) is 4.06. The number of amides is 1. The molecule has 0 saturated heterocycles. The number of fused-ring (bicyclic) bond motifs is 1. The van der Waals surface area contributed by atoms with Crippen molar-refractivity contribution in [1.82, 2.24) is 9.38 Å². The second-order valence-electron chi connectivity index (χ2n) is 6.60. The quantitative estimate of drug-likeness (QED) is 0.601. The van der Waals surface area contributed by atoms with Crippen LogP contribution in [0.4, 0.5) is 14.6 Å². The summed E-state index contributed by atoms with van der Waals surface area (Å²) in [6.07, 6.45) is 5.22. The Balaban J connectivity index is 2.06. The van der Waals surface area contributed by atoms with Gasteiger partial charge in [-0.15, -0.1) is 0 Å². The molecule has 3 rings (SSSR count). The number of benzene rings is 1. The standard InChI is InChI=1S/C21H23F2N3O/c1-3-5-8-14(4-2)21(27)25-20-19(16-13-15(22)10-11-17(16)23)24-18-9-6-7-12-26(18)20/h6-7,9-14H,3-5,8H2,1-2H3,(H,25,27)/t14-/m1/s1. The molecule has 0 radical (unpaired) electrons. The normalized spacial score (nSPS) is 12.3. The average Bonchev–Trinajstić information content (AvgIpc) is 3.02. The summed E-state index contributed by atoms with van der Waals surface area (Å²) in [5.74, 6) is -1.06. The Hall–Kier alpha value is -2.76. The van der Waals surface area contributed by atoms with Crippen LogP contribution >= 0.6 is 0 Å².